The van der Waals surface area contributed by atoms with Gasteiger partial charge in [0.2, 0.25) is 5.88 Å². The molecule has 2 aromatic rings. The van der Waals surface area contributed by atoms with E-state index in [1.54, 1.807) is 20.4 Å². The summed E-state index contributed by atoms with van der Waals surface area (Å²) in [5.74, 6) is 1.71. The number of pyridine rings is 1. The van der Waals surface area contributed by atoms with E-state index in [2.05, 4.69) is 11.1 Å². The fourth-order valence-electron chi connectivity index (χ4n) is 2.90. The summed E-state index contributed by atoms with van der Waals surface area (Å²) in [5.41, 5.74) is 4.45. The second-order valence-corrected chi connectivity index (χ2v) is 5.66. The summed E-state index contributed by atoms with van der Waals surface area (Å²) in [6.07, 6.45) is 2.46. The molecular formula is C18H18N2O3. The Morgan fingerprint density at radius 2 is 1.83 bits per heavy atom. The molecule has 0 radical (unpaired) electrons. The molecular weight excluding hydrogens is 292 g/mol. The molecule has 0 fully saturated rings. The Morgan fingerprint density at radius 3 is 2.43 bits per heavy atom. The van der Waals surface area contributed by atoms with Crippen molar-refractivity contribution in [3.8, 4) is 34.6 Å². The van der Waals surface area contributed by atoms with Crippen molar-refractivity contribution >= 4 is 0 Å². The smallest absolute Gasteiger partial charge is 0.232 e. The number of hydrogen-bond acceptors (Lipinski definition) is 5. The second-order valence-electron chi connectivity index (χ2n) is 5.66. The van der Waals surface area contributed by atoms with Gasteiger partial charge in [0.1, 0.15) is 11.6 Å². The van der Waals surface area contributed by atoms with Crippen LogP contribution in [0.3, 0.4) is 0 Å². The highest BCUT2D eigenvalue weighted by Gasteiger charge is 2.27. The normalized spacial score (nSPS) is 11.7. The highest BCUT2D eigenvalue weighted by Crippen LogP contribution is 2.45. The average Bonchev–Trinajstić information content (AvgIpc) is 2.90. The van der Waals surface area contributed by atoms with Crippen molar-refractivity contribution in [2.24, 2.45) is 0 Å². The molecule has 0 bridgehead atoms. The number of nitrogens with zero attached hydrogens (tertiary/aromatic N) is 2. The van der Waals surface area contributed by atoms with Gasteiger partial charge in [-0.2, -0.15) is 5.26 Å². The number of benzene rings is 1. The van der Waals surface area contributed by atoms with E-state index in [-0.39, 0.29) is 6.10 Å². The van der Waals surface area contributed by atoms with Crippen LogP contribution in [-0.4, -0.2) is 25.3 Å². The van der Waals surface area contributed by atoms with E-state index < -0.39 is 0 Å². The standard InChI is InChI=1S/C18H18N2O3/c1-10(2)23-18-14(8-19)17-12(9-20-18)5-11-6-15(21-3)16(22-4)7-13(11)17/h6-7,9-10H,5H2,1-4H3. The van der Waals surface area contributed by atoms with Gasteiger partial charge in [-0.25, -0.2) is 4.98 Å². The molecule has 0 unspecified atom stereocenters. The second kappa shape index (κ2) is 5.81. The van der Waals surface area contributed by atoms with E-state index in [0.29, 0.717) is 29.4 Å². The Bertz CT molecular complexity index is 807. The molecule has 0 saturated heterocycles. The zero-order valence-corrected chi connectivity index (χ0v) is 13.6. The van der Waals surface area contributed by atoms with Gasteiger partial charge in [-0.15, -0.1) is 0 Å². The van der Waals surface area contributed by atoms with Crippen LogP contribution in [0.25, 0.3) is 11.1 Å². The van der Waals surface area contributed by atoms with Crippen LogP contribution in [0, 0.1) is 11.3 Å². The summed E-state index contributed by atoms with van der Waals surface area (Å²) in [5, 5.41) is 9.62. The summed E-state index contributed by atoms with van der Waals surface area (Å²) >= 11 is 0. The lowest BCUT2D eigenvalue weighted by atomic mass is 10.0. The lowest BCUT2D eigenvalue weighted by Crippen LogP contribution is -2.09. The SMILES string of the molecule is COc1cc2c(cc1OC)-c1c(cnc(OC(C)C)c1C#N)C2. The number of aromatic nitrogens is 1. The van der Waals surface area contributed by atoms with Crippen molar-refractivity contribution in [2.45, 2.75) is 26.4 Å². The van der Waals surface area contributed by atoms with Gasteiger partial charge in [0, 0.05) is 18.2 Å². The molecule has 1 aliphatic rings. The van der Waals surface area contributed by atoms with Crippen LogP contribution >= 0.6 is 0 Å². The summed E-state index contributed by atoms with van der Waals surface area (Å²) in [6.45, 7) is 3.83. The first-order valence-electron chi connectivity index (χ1n) is 7.43. The monoisotopic (exact) mass is 310 g/mol. The molecule has 0 N–H and O–H groups in total. The maximum absolute atomic E-state index is 9.62. The van der Waals surface area contributed by atoms with Gasteiger partial charge in [-0.3, -0.25) is 0 Å². The first kappa shape index (κ1) is 15.2. The van der Waals surface area contributed by atoms with Crippen LogP contribution in [0.5, 0.6) is 17.4 Å². The first-order valence-corrected chi connectivity index (χ1v) is 7.43. The van der Waals surface area contributed by atoms with Crippen LogP contribution in [-0.2, 0) is 6.42 Å². The molecule has 0 atom stereocenters. The van der Waals surface area contributed by atoms with Crippen molar-refractivity contribution in [3.63, 3.8) is 0 Å². The van der Waals surface area contributed by atoms with Gasteiger partial charge in [-0.05, 0) is 42.7 Å². The molecule has 23 heavy (non-hydrogen) atoms. The first-order chi connectivity index (χ1) is 11.1. The lowest BCUT2D eigenvalue weighted by Gasteiger charge is -2.13. The van der Waals surface area contributed by atoms with Gasteiger partial charge >= 0.3 is 0 Å². The van der Waals surface area contributed by atoms with Crippen molar-refractivity contribution in [3.05, 3.63) is 35.0 Å². The Kier molecular flexibility index (Phi) is 3.83. The maximum Gasteiger partial charge on any atom is 0.232 e. The van der Waals surface area contributed by atoms with Crippen LogP contribution in [0.4, 0.5) is 0 Å². The number of fused-ring (bicyclic) bond motifs is 3. The Balaban J connectivity index is 2.21. The summed E-state index contributed by atoms with van der Waals surface area (Å²) in [4.78, 5) is 4.32. The summed E-state index contributed by atoms with van der Waals surface area (Å²) in [7, 11) is 3.22. The maximum atomic E-state index is 9.62. The molecule has 0 spiro atoms. The third-order valence-electron chi connectivity index (χ3n) is 3.84. The number of hydrogen-bond donors (Lipinski definition) is 0. The van der Waals surface area contributed by atoms with E-state index in [9.17, 15) is 5.26 Å². The van der Waals surface area contributed by atoms with Crippen molar-refractivity contribution < 1.29 is 14.2 Å². The number of methoxy groups -OCH3 is 2. The van der Waals surface area contributed by atoms with E-state index in [1.165, 1.54) is 0 Å². The molecule has 118 valence electrons. The van der Waals surface area contributed by atoms with Gasteiger partial charge < -0.3 is 14.2 Å². The van der Waals surface area contributed by atoms with Gasteiger partial charge in [-0.1, -0.05) is 0 Å². The third-order valence-corrected chi connectivity index (χ3v) is 3.84. The highest BCUT2D eigenvalue weighted by molar-refractivity contribution is 5.84. The van der Waals surface area contributed by atoms with Crippen LogP contribution in [0.1, 0.15) is 30.5 Å². The summed E-state index contributed by atoms with van der Waals surface area (Å²) < 4.78 is 16.4. The van der Waals surface area contributed by atoms with Crippen LogP contribution < -0.4 is 14.2 Å². The van der Waals surface area contributed by atoms with Gasteiger partial charge in [0.05, 0.1) is 20.3 Å². The molecule has 1 aliphatic carbocycles. The van der Waals surface area contributed by atoms with E-state index >= 15 is 0 Å². The van der Waals surface area contributed by atoms with Crippen molar-refractivity contribution in [1.82, 2.24) is 4.98 Å². The fourth-order valence-corrected chi connectivity index (χ4v) is 2.90. The van der Waals surface area contributed by atoms with Crippen LogP contribution in [0.15, 0.2) is 18.3 Å². The van der Waals surface area contributed by atoms with E-state index in [1.807, 2.05) is 26.0 Å². The minimum atomic E-state index is -0.0427. The minimum absolute atomic E-state index is 0.0427. The Morgan fingerprint density at radius 1 is 1.13 bits per heavy atom. The van der Waals surface area contributed by atoms with Crippen molar-refractivity contribution in [1.29, 1.82) is 5.26 Å². The molecule has 5 heteroatoms. The van der Waals surface area contributed by atoms with Gasteiger partial charge in [0.15, 0.2) is 11.5 Å². The molecule has 1 aromatic heterocycles. The van der Waals surface area contributed by atoms with Gasteiger partial charge in [0.25, 0.3) is 0 Å². The Hall–Kier alpha value is -2.74. The number of nitriles is 1. The molecule has 5 nitrogen and oxygen atoms in total. The van der Waals surface area contributed by atoms with Crippen LogP contribution in [0.2, 0.25) is 0 Å². The third kappa shape index (κ3) is 2.46. The molecule has 0 amide bonds. The molecule has 1 heterocycles. The quantitative estimate of drug-likeness (QED) is 0.739. The largest absolute Gasteiger partial charge is 0.493 e. The molecule has 3 rings (SSSR count). The predicted molar refractivity (Wildman–Crippen MR) is 86.1 cm³/mol. The lowest BCUT2D eigenvalue weighted by molar-refractivity contribution is 0.232. The van der Waals surface area contributed by atoms with E-state index in [4.69, 9.17) is 14.2 Å². The average molecular weight is 310 g/mol. The highest BCUT2D eigenvalue weighted by atomic mass is 16.5. The number of rotatable bonds is 4. The minimum Gasteiger partial charge on any atom is -0.493 e. The number of ether oxygens (including phenoxy) is 3. The predicted octanol–water partition coefficient (Wildman–Crippen LogP) is 3.33. The van der Waals surface area contributed by atoms with E-state index in [0.717, 1.165) is 22.3 Å². The Labute approximate surface area is 135 Å². The molecule has 1 aromatic carbocycles. The topological polar surface area (TPSA) is 64.4 Å². The fraction of sp³-hybridized carbons (Fsp3) is 0.333. The zero-order valence-electron chi connectivity index (χ0n) is 13.6. The molecule has 0 saturated carbocycles. The molecule has 0 aliphatic heterocycles. The zero-order chi connectivity index (χ0) is 16.6. The summed E-state index contributed by atoms with van der Waals surface area (Å²) in [6, 6.07) is 6.12. The van der Waals surface area contributed by atoms with Crippen molar-refractivity contribution in [2.75, 3.05) is 14.2 Å².